The van der Waals surface area contributed by atoms with Gasteiger partial charge in [0.05, 0.1) is 0 Å². The summed E-state index contributed by atoms with van der Waals surface area (Å²) in [6.45, 7) is 9.66. The van der Waals surface area contributed by atoms with E-state index in [4.69, 9.17) is 11.2 Å². The zero-order valence-corrected chi connectivity index (χ0v) is 10.2. The molecule has 0 aliphatic rings. The monoisotopic (exact) mass is 213 g/mol. The van der Waals surface area contributed by atoms with E-state index in [9.17, 15) is 4.89 Å². The van der Waals surface area contributed by atoms with Crippen molar-refractivity contribution >= 4 is 17.6 Å². The molecular weight excluding hydrogens is 193 g/mol. The van der Waals surface area contributed by atoms with E-state index in [0.717, 1.165) is 13.1 Å². The summed E-state index contributed by atoms with van der Waals surface area (Å²) in [6, 6.07) is 0. The van der Waals surface area contributed by atoms with Crippen LogP contribution in [-0.2, 0) is 0 Å². The van der Waals surface area contributed by atoms with Gasteiger partial charge in [-0.25, -0.2) is 0 Å². The van der Waals surface area contributed by atoms with E-state index in [2.05, 4.69) is 0 Å². The minimum absolute atomic E-state index is 0.672. The van der Waals surface area contributed by atoms with Crippen LogP contribution in [-0.4, -0.2) is 35.0 Å². The first-order chi connectivity index (χ1) is 5.43. The van der Waals surface area contributed by atoms with Crippen LogP contribution in [0.5, 0.6) is 0 Å². The molecule has 0 aromatic rings. The van der Waals surface area contributed by atoms with Gasteiger partial charge in [0.15, 0.2) is 0 Å². The second-order valence-corrected chi connectivity index (χ2v) is 9.75. The SMILES string of the molecule is CCN(CC)P(O)(Cl)(CC)CC. The molecule has 0 aromatic heterocycles. The second-order valence-electron chi connectivity index (χ2n) is 3.04. The maximum atomic E-state index is 10.4. The van der Waals surface area contributed by atoms with Crippen LogP contribution >= 0.6 is 17.6 Å². The molecule has 0 rings (SSSR count). The van der Waals surface area contributed by atoms with Crippen LogP contribution < -0.4 is 0 Å². The molecule has 76 valence electrons. The molecule has 0 unspecified atom stereocenters. The summed E-state index contributed by atoms with van der Waals surface area (Å²) in [5.41, 5.74) is 0. The molecule has 0 aliphatic carbocycles. The predicted molar refractivity (Wildman–Crippen MR) is 59.0 cm³/mol. The fourth-order valence-corrected chi connectivity index (χ4v) is 4.64. The molecule has 12 heavy (non-hydrogen) atoms. The third kappa shape index (κ3) is 2.32. The van der Waals surface area contributed by atoms with Crippen LogP contribution in [0.15, 0.2) is 0 Å². The molecule has 0 saturated heterocycles. The summed E-state index contributed by atoms with van der Waals surface area (Å²) in [5.74, 6) is 0. The van der Waals surface area contributed by atoms with Crippen molar-refractivity contribution in [3.8, 4) is 0 Å². The van der Waals surface area contributed by atoms with Crippen molar-refractivity contribution in [3.63, 3.8) is 0 Å². The Labute approximate surface area is 80.8 Å². The van der Waals surface area contributed by atoms with E-state index >= 15 is 0 Å². The average Bonchev–Trinajstić information content (AvgIpc) is 2.07. The van der Waals surface area contributed by atoms with Crippen LogP contribution in [0.2, 0.25) is 0 Å². The maximum absolute atomic E-state index is 10.4. The molecule has 0 aromatic carbocycles. The van der Waals surface area contributed by atoms with Crippen LogP contribution in [0, 0.1) is 0 Å². The normalized spacial score (nSPS) is 16.1. The number of hydrogen-bond donors (Lipinski definition) is 1. The topological polar surface area (TPSA) is 23.5 Å². The minimum atomic E-state index is -2.99. The molecule has 0 fully saturated rings. The van der Waals surface area contributed by atoms with Crippen molar-refractivity contribution in [2.75, 3.05) is 25.4 Å². The zero-order valence-electron chi connectivity index (χ0n) is 8.55. The molecule has 2 nitrogen and oxygen atoms in total. The van der Waals surface area contributed by atoms with Gasteiger partial charge >= 0.3 is 80.2 Å². The van der Waals surface area contributed by atoms with Gasteiger partial charge in [0.1, 0.15) is 0 Å². The third-order valence-corrected chi connectivity index (χ3v) is 9.03. The Kier molecular flexibility index (Phi) is 4.46. The summed E-state index contributed by atoms with van der Waals surface area (Å²) in [4.78, 5) is 10.4. The van der Waals surface area contributed by atoms with E-state index < -0.39 is 6.33 Å². The molecule has 4 heteroatoms. The average molecular weight is 214 g/mol. The molecular formula is C8H21ClNOP. The van der Waals surface area contributed by atoms with Crippen LogP contribution in [0.4, 0.5) is 0 Å². The summed E-state index contributed by atoms with van der Waals surface area (Å²) < 4.78 is 2.02. The fraction of sp³-hybridized carbons (Fsp3) is 1.00. The van der Waals surface area contributed by atoms with Crippen LogP contribution in [0.25, 0.3) is 0 Å². The van der Waals surface area contributed by atoms with Gasteiger partial charge in [0.25, 0.3) is 0 Å². The Balaban J connectivity index is 4.70. The number of hydrogen-bond acceptors (Lipinski definition) is 2. The molecule has 0 atom stereocenters. The Morgan fingerprint density at radius 3 is 1.50 bits per heavy atom. The number of halogens is 1. The number of nitrogens with zero attached hydrogens (tertiary/aromatic N) is 1. The predicted octanol–water partition coefficient (Wildman–Crippen LogP) is 2.90. The van der Waals surface area contributed by atoms with E-state index in [0.29, 0.717) is 12.3 Å². The second kappa shape index (κ2) is 4.23. The zero-order chi connectivity index (χ0) is 9.85. The van der Waals surface area contributed by atoms with E-state index in [1.165, 1.54) is 0 Å². The van der Waals surface area contributed by atoms with Crippen LogP contribution in [0.3, 0.4) is 0 Å². The van der Waals surface area contributed by atoms with Gasteiger partial charge in [-0.15, -0.1) is 0 Å². The molecule has 0 bridgehead atoms. The Hall–Kier alpha value is 0.640. The van der Waals surface area contributed by atoms with Crippen molar-refractivity contribution in [2.45, 2.75) is 27.7 Å². The molecule has 0 heterocycles. The third-order valence-electron chi connectivity index (χ3n) is 2.62. The van der Waals surface area contributed by atoms with Gasteiger partial charge < -0.3 is 0 Å². The number of rotatable bonds is 5. The molecule has 0 saturated carbocycles. The summed E-state index contributed by atoms with van der Waals surface area (Å²) in [6.07, 6.45) is -1.64. The van der Waals surface area contributed by atoms with Gasteiger partial charge in [-0.1, -0.05) is 0 Å². The first-order valence-electron chi connectivity index (χ1n) is 4.66. The van der Waals surface area contributed by atoms with Crippen molar-refractivity contribution in [2.24, 2.45) is 0 Å². The van der Waals surface area contributed by atoms with E-state index in [1.54, 1.807) is 0 Å². The van der Waals surface area contributed by atoms with Crippen molar-refractivity contribution < 1.29 is 4.89 Å². The van der Waals surface area contributed by atoms with Gasteiger partial charge in [-0.2, -0.15) is 0 Å². The quantitative estimate of drug-likeness (QED) is 0.710. The molecule has 1 N–H and O–H groups in total. The van der Waals surface area contributed by atoms with Crippen molar-refractivity contribution in [3.05, 3.63) is 0 Å². The standard InChI is InChI=1S/C8H21ClNOP/c1-5-10(6-2)12(9,11,7-3)8-4/h11H,5-8H2,1-4H3. The molecule has 0 amide bonds. The van der Waals surface area contributed by atoms with Crippen molar-refractivity contribution in [1.29, 1.82) is 0 Å². The Bertz CT molecular complexity index is 140. The summed E-state index contributed by atoms with van der Waals surface area (Å²) in [7, 11) is 0. The molecule has 0 radical (unpaired) electrons. The first-order valence-corrected chi connectivity index (χ1v) is 8.08. The molecule has 0 aliphatic heterocycles. The van der Waals surface area contributed by atoms with Gasteiger partial charge in [0.2, 0.25) is 0 Å². The van der Waals surface area contributed by atoms with Gasteiger partial charge in [0, 0.05) is 0 Å². The first kappa shape index (κ1) is 12.6. The van der Waals surface area contributed by atoms with Crippen LogP contribution in [0.1, 0.15) is 27.7 Å². The van der Waals surface area contributed by atoms with Crippen molar-refractivity contribution in [1.82, 2.24) is 4.67 Å². The molecule has 0 spiro atoms. The fourth-order valence-electron chi connectivity index (χ4n) is 1.48. The van der Waals surface area contributed by atoms with Gasteiger partial charge in [-0.05, 0) is 0 Å². The Morgan fingerprint density at radius 2 is 1.42 bits per heavy atom. The van der Waals surface area contributed by atoms with E-state index in [-0.39, 0.29) is 0 Å². The Morgan fingerprint density at radius 1 is 1.08 bits per heavy atom. The van der Waals surface area contributed by atoms with Gasteiger partial charge in [-0.3, -0.25) is 0 Å². The summed E-state index contributed by atoms with van der Waals surface area (Å²) in [5, 5.41) is 0. The summed E-state index contributed by atoms with van der Waals surface area (Å²) >= 11 is 6.34. The van der Waals surface area contributed by atoms with E-state index in [1.807, 2.05) is 32.4 Å².